The van der Waals surface area contributed by atoms with Gasteiger partial charge in [0.2, 0.25) is 0 Å². The average Bonchev–Trinajstić information content (AvgIpc) is 3.45. The van der Waals surface area contributed by atoms with Crippen LogP contribution in [0.5, 0.6) is 0 Å². The number of hydrogen-bond acceptors (Lipinski definition) is 3. The van der Waals surface area contributed by atoms with Crippen LogP contribution in [0.2, 0.25) is 0 Å². The fourth-order valence-electron chi connectivity index (χ4n) is 6.44. The molecule has 200 valence electrons. The minimum atomic E-state index is 0.704. The Morgan fingerprint density at radius 1 is 0.419 bits per heavy atom. The van der Waals surface area contributed by atoms with E-state index in [4.69, 9.17) is 14.4 Å². The summed E-state index contributed by atoms with van der Waals surface area (Å²) >= 11 is 0. The molecule has 0 aliphatic rings. The van der Waals surface area contributed by atoms with E-state index in [1.165, 1.54) is 16.3 Å². The van der Waals surface area contributed by atoms with Crippen LogP contribution < -0.4 is 0 Å². The first-order valence-electron chi connectivity index (χ1n) is 14.5. The van der Waals surface area contributed by atoms with Crippen molar-refractivity contribution >= 4 is 54.4 Å². The predicted molar refractivity (Wildman–Crippen MR) is 178 cm³/mol. The zero-order valence-electron chi connectivity index (χ0n) is 23.2. The Hall–Kier alpha value is -5.80. The van der Waals surface area contributed by atoms with Gasteiger partial charge in [0.15, 0.2) is 5.82 Å². The predicted octanol–water partition coefficient (Wildman–Crippen LogP) is 10.8. The highest BCUT2D eigenvalue weighted by molar-refractivity contribution is 6.19. The summed E-state index contributed by atoms with van der Waals surface area (Å²) < 4.78 is 6.56. The molecule has 7 aromatic carbocycles. The van der Waals surface area contributed by atoms with Crippen molar-refractivity contribution in [3.05, 3.63) is 146 Å². The van der Waals surface area contributed by atoms with Crippen molar-refractivity contribution in [2.75, 3.05) is 0 Å². The lowest BCUT2D eigenvalue weighted by atomic mass is 9.95. The standard InChI is InChI=1S/C40H24N2O/c1-2-12-26(13-3-1)38-32-18-8-9-20-36(32)41-40(42-38)35-24-34-33-23-27(29-19-10-14-25-11-4-5-15-28(25)29)21-22-37(33)43-39(34)31-17-7-6-16-30(31)35/h1-24H. The van der Waals surface area contributed by atoms with Gasteiger partial charge in [0.25, 0.3) is 0 Å². The molecule has 0 fully saturated rings. The SMILES string of the molecule is c1ccc(-c2nc(-c3cc4c5cc(-c6cccc7ccccc67)ccc5oc4c4ccccc34)nc3ccccc23)cc1. The Labute approximate surface area is 247 Å². The van der Waals surface area contributed by atoms with E-state index in [1.54, 1.807) is 0 Å². The largest absolute Gasteiger partial charge is 0.455 e. The molecule has 0 saturated heterocycles. The Balaban J connectivity index is 1.34. The summed E-state index contributed by atoms with van der Waals surface area (Å²) in [5.74, 6) is 0.704. The van der Waals surface area contributed by atoms with Crippen LogP contribution >= 0.6 is 0 Å². The Morgan fingerprint density at radius 2 is 1.14 bits per heavy atom. The number of rotatable bonds is 3. The fraction of sp³-hybridized carbons (Fsp3) is 0. The molecule has 0 bridgehead atoms. The maximum absolute atomic E-state index is 6.56. The van der Waals surface area contributed by atoms with Gasteiger partial charge in [0.05, 0.1) is 11.2 Å². The van der Waals surface area contributed by atoms with Crippen LogP contribution in [0.15, 0.2) is 150 Å². The molecule has 0 aliphatic heterocycles. The quantitative estimate of drug-likeness (QED) is 0.220. The second kappa shape index (κ2) is 9.37. The number of furan rings is 1. The molecule has 0 unspecified atom stereocenters. The zero-order valence-corrected chi connectivity index (χ0v) is 23.2. The van der Waals surface area contributed by atoms with E-state index in [0.29, 0.717) is 5.82 Å². The monoisotopic (exact) mass is 548 g/mol. The van der Waals surface area contributed by atoms with Crippen molar-refractivity contribution in [2.24, 2.45) is 0 Å². The Kier molecular flexibility index (Phi) is 5.20. The van der Waals surface area contributed by atoms with Crippen molar-refractivity contribution in [3.63, 3.8) is 0 Å². The highest BCUT2D eigenvalue weighted by Gasteiger charge is 2.19. The van der Waals surface area contributed by atoms with Gasteiger partial charge >= 0.3 is 0 Å². The maximum atomic E-state index is 6.56. The van der Waals surface area contributed by atoms with Crippen LogP contribution in [-0.4, -0.2) is 9.97 Å². The van der Waals surface area contributed by atoms with Crippen molar-refractivity contribution < 1.29 is 4.42 Å². The van der Waals surface area contributed by atoms with Crippen LogP contribution in [0, 0.1) is 0 Å². The van der Waals surface area contributed by atoms with Gasteiger partial charge in [0, 0.05) is 32.7 Å². The van der Waals surface area contributed by atoms with Crippen LogP contribution in [0.4, 0.5) is 0 Å². The lowest BCUT2D eigenvalue weighted by Gasteiger charge is -2.11. The first-order chi connectivity index (χ1) is 21.3. The Bertz CT molecular complexity index is 2500. The molecule has 43 heavy (non-hydrogen) atoms. The zero-order chi connectivity index (χ0) is 28.3. The van der Waals surface area contributed by atoms with E-state index in [9.17, 15) is 0 Å². The van der Waals surface area contributed by atoms with E-state index in [2.05, 4.69) is 127 Å². The molecule has 0 atom stereocenters. The summed E-state index contributed by atoms with van der Waals surface area (Å²) in [6.45, 7) is 0. The van der Waals surface area contributed by atoms with Crippen molar-refractivity contribution in [2.45, 2.75) is 0 Å². The summed E-state index contributed by atoms with van der Waals surface area (Å²) in [6, 6.07) is 50.8. The fourth-order valence-corrected chi connectivity index (χ4v) is 6.44. The molecule has 0 amide bonds. The summed E-state index contributed by atoms with van der Waals surface area (Å²) in [7, 11) is 0. The second-order valence-electron chi connectivity index (χ2n) is 11.0. The van der Waals surface area contributed by atoms with Gasteiger partial charge in [-0.15, -0.1) is 0 Å². The summed E-state index contributed by atoms with van der Waals surface area (Å²) in [5.41, 5.74) is 8.03. The third-order valence-electron chi connectivity index (χ3n) is 8.47. The molecule has 9 rings (SSSR count). The number of nitrogens with zero attached hydrogens (tertiary/aromatic N) is 2. The molecular weight excluding hydrogens is 524 g/mol. The number of hydrogen-bond donors (Lipinski definition) is 0. The first kappa shape index (κ1) is 23.9. The van der Waals surface area contributed by atoms with Crippen molar-refractivity contribution in [3.8, 4) is 33.8 Å². The minimum absolute atomic E-state index is 0.704. The summed E-state index contributed by atoms with van der Waals surface area (Å²) in [6.07, 6.45) is 0. The van der Waals surface area contributed by atoms with Gasteiger partial charge in [0.1, 0.15) is 11.2 Å². The molecular formula is C40H24N2O. The third kappa shape index (κ3) is 3.75. The average molecular weight is 549 g/mol. The molecule has 2 aromatic heterocycles. The number of para-hydroxylation sites is 1. The van der Waals surface area contributed by atoms with E-state index in [0.717, 1.165) is 66.0 Å². The summed E-state index contributed by atoms with van der Waals surface area (Å²) in [4.78, 5) is 10.3. The van der Waals surface area contributed by atoms with Gasteiger partial charge in [-0.25, -0.2) is 9.97 Å². The van der Waals surface area contributed by atoms with Crippen molar-refractivity contribution in [1.29, 1.82) is 0 Å². The van der Waals surface area contributed by atoms with Crippen LogP contribution in [0.3, 0.4) is 0 Å². The topological polar surface area (TPSA) is 38.9 Å². The molecule has 0 aliphatic carbocycles. The summed E-state index contributed by atoms with van der Waals surface area (Å²) in [5, 5.41) is 7.76. The molecule has 0 spiro atoms. The minimum Gasteiger partial charge on any atom is -0.455 e. The maximum Gasteiger partial charge on any atom is 0.161 e. The highest BCUT2D eigenvalue weighted by atomic mass is 16.3. The van der Waals surface area contributed by atoms with Crippen LogP contribution in [0.25, 0.3) is 88.2 Å². The smallest absolute Gasteiger partial charge is 0.161 e. The molecule has 0 radical (unpaired) electrons. The number of benzene rings is 7. The molecule has 3 heteroatoms. The second-order valence-corrected chi connectivity index (χ2v) is 11.0. The molecule has 2 heterocycles. The number of aromatic nitrogens is 2. The molecule has 9 aromatic rings. The third-order valence-corrected chi connectivity index (χ3v) is 8.47. The van der Waals surface area contributed by atoms with Gasteiger partial charge < -0.3 is 4.42 Å². The van der Waals surface area contributed by atoms with Gasteiger partial charge in [-0.2, -0.15) is 0 Å². The van der Waals surface area contributed by atoms with E-state index >= 15 is 0 Å². The van der Waals surface area contributed by atoms with Crippen LogP contribution in [-0.2, 0) is 0 Å². The lowest BCUT2D eigenvalue weighted by Crippen LogP contribution is -1.96. The normalized spacial score (nSPS) is 11.7. The van der Waals surface area contributed by atoms with Gasteiger partial charge in [-0.3, -0.25) is 0 Å². The van der Waals surface area contributed by atoms with Gasteiger partial charge in [-0.1, -0.05) is 121 Å². The highest BCUT2D eigenvalue weighted by Crippen LogP contribution is 2.41. The van der Waals surface area contributed by atoms with Crippen LogP contribution in [0.1, 0.15) is 0 Å². The number of fused-ring (bicyclic) bond motifs is 7. The van der Waals surface area contributed by atoms with Crippen molar-refractivity contribution in [1.82, 2.24) is 9.97 Å². The molecule has 3 nitrogen and oxygen atoms in total. The first-order valence-corrected chi connectivity index (χ1v) is 14.5. The lowest BCUT2D eigenvalue weighted by molar-refractivity contribution is 0.673. The van der Waals surface area contributed by atoms with E-state index < -0.39 is 0 Å². The van der Waals surface area contributed by atoms with E-state index in [1.807, 2.05) is 18.2 Å². The van der Waals surface area contributed by atoms with E-state index in [-0.39, 0.29) is 0 Å². The molecule has 0 saturated carbocycles. The van der Waals surface area contributed by atoms with Gasteiger partial charge in [-0.05, 0) is 51.6 Å². The Morgan fingerprint density at radius 3 is 2.02 bits per heavy atom. The molecule has 0 N–H and O–H groups in total.